The number of hydrogen-bond donors (Lipinski definition) is 1. The maximum Gasteiger partial charge on any atom is 0.240 e. The van der Waals surface area contributed by atoms with Crippen molar-refractivity contribution in [3.8, 4) is 0 Å². The van der Waals surface area contributed by atoms with Crippen molar-refractivity contribution in [3.63, 3.8) is 0 Å². The topological polar surface area (TPSA) is 83.6 Å². The number of hydrogen-bond acceptors (Lipinski definition) is 4. The van der Waals surface area contributed by atoms with Crippen molar-refractivity contribution >= 4 is 21.7 Å². The molecule has 0 bridgehead atoms. The number of fused-ring (bicyclic) bond motifs is 1. The maximum atomic E-state index is 12.6. The van der Waals surface area contributed by atoms with Gasteiger partial charge in [0.25, 0.3) is 0 Å². The molecule has 7 heteroatoms. The van der Waals surface area contributed by atoms with E-state index in [-0.39, 0.29) is 35.5 Å². The third-order valence-electron chi connectivity index (χ3n) is 6.21. The van der Waals surface area contributed by atoms with Crippen LogP contribution in [0.15, 0.2) is 53.4 Å². The molecule has 1 saturated heterocycles. The van der Waals surface area contributed by atoms with Gasteiger partial charge in [-0.2, -0.15) is 0 Å². The molecular weight excluding hydrogens is 412 g/mol. The molecule has 2 aliphatic rings. The Morgan fingerprint density at radius 1 is 0.935 bits per heavy atom. The molecular formula is C24H28N2O4S. The molecule has 1 heterocycles. The summed E-state index contributed by atoms with van der Waals surface area (Å²) in [5.74, 6) is -0.0348. The van der Waals surface area contributed by atoms with Gasteiger partial charge in [0.1, 0.15) is 0 Å². The van der Waals surface area contributed by atoms with E-state index in [1.165, 1.54) is 11.1 Å². The number of nitrogens with zero attached hydrogens (tertiary/aromatic N) is 1. The van der Waals surface area contributed by atoms with E-state index in [0.717, 1.165) is 19.3 Å². The van der Waals surface area contributed by atoms with Crippen LogP contribution in [0.2, 0.25) is 0 Å². The number of likely N-dealkylation sites (tertiary alicyclic amines) is 1. The van der Waals surface area contributed by atoms with Crippen LogP contribution in [0.1, 0.15) is 53.6 Å². The van der Waals surface area contributed by atoms with E-state index in [1.54, 1.807) is 35.2 Å². The van der Waals surface area contributed by atoms with Gasteiger partial charge in [0, 0.05) is 37.5 Å². The van der Waals surface area contributed by atoms with E-state index in [1.807, 2.05) is 18.2 Å². The highest BCUT2D eigenvalue weighted by Gasteiger charge is 2.27. The summed E-state index contributed by atoms with van der Waals surface area (Å²) in [6, 6.07) is 14.0. The summed E-state index contributed by atoms with van der Waals surface area (Å²) in [7, 11) is -3.55. The molecule has 164 valence electrons. The highest BCUT2D eigenvalue weighted by Crippen LogP contribution is 2.24. The van der Waals surface area contributed by atoms with Crippen molar-refractivity contribution in [2.45, 2.75) is 55.9 Å². The average molecular weight is 441 g/mol. The van der Waals surface area contributed by atoms with E-state index in [2.05, 4.69) is 4.72 Å². The minimum atomic E-state index is -3.55. The van der Waals surface area contributed by atoms with Crippen molar-refractivity contribution in [1.82, 2.24) is 9.62 Å². The van der Waals surface area contributed by atoms with E-state index in [0.29, 0.717) is 31.5 Å². The first-order chi connectivity index (χ1) is 14.9. The Labute approximate surface area is 183 Å². The second-order valence-corrected chi connectivity index (χ2v) is 10.1. The number of ketones is 1. The molecule has 0 aromatic heterocycles. The van der Waals surface area contributed by atoms with Gasteiger partial charge in [0.05, 0.1) is 4.90 Å². The molecule has 2 aromatic carbocycles. The zero-order chi connectivity index (χ0) is 21.8. The molecule has 6 nitrogen and oxygen atoms in total. The predicted molar refractivity (Wildman–Crippen MR) is 118 cm³/mol. The summed E-state index contributed by atoms with van der Waals surface area (Å²) in [6.45, 7) is 0.988. The van der Waals surface area contributed by atoms with Gasteiger partial charge in [-0.15, -0.1) is 0 Å². The fourth-order valence-electron chi connectivity index (χ4n) is 4.40. The van der Waals surface area contributed by atoms with Crippen molar-refractivity contribution in [2.24, 2.45) is 0 Å². The number of rotatable bonds is 7. The van der Waals surface area contributed by atoms with Gasteiger partial charge in [0.15, 0.2) is 5.78 Å². The number of aryl methyl sites for hydroxylation is 2. The lowest BCUT2D eigenvalue weighted by Gasteiger charge is -2.32. The Hall–Kier alpha value is -2.51. The summed E-state index contributed by atoms with van der Waals surface area (Å²) in [5, 5.41) is 0. The van der Waals surface area contributed by atoms with Crippen LogP contribution in [0.4, 0.5) is 0 Å². The van der Waals surface area contributed by atoms with Crippen LogP contribution >= 0.6 is 0 Å². The lowest BCUT2D eigenvalue weighted by atomic mass is 10.0. The molecule has 0 radical (unpaired) electrons. The minimum absolute atomic E-state index is 0.00792. The van der Waals surface area contributed by atoms with E-state index >= 15 is 0 Å². The quantitative estimate of drug-likeness (QED) is 0.671. The van der Waals surface area contributed by atoms with Gasteiger partial charge in [-0.25, -0.2) is 13.1 Å². The van der Waals surface area contributed by atoms with Gasteiger partial charge < -0.3 is 4.90 Å². The number of benzene rings is 2. The van der Waals surface area contributed by atoms with Crippen molar-refractivity contribution in [2.75, 3.05) is 13.1 Å². The zero-order valence-electron chi connectivity index (χ0n) is 17.5. The zero-order valence-corrected chi connectivity index (χ0v) is 18.4. The number of carbonyl (C=O) groups is 2. The highest BCUT2D eigenvalue weighted by atomic mass is 32.2. The monoisotopic (exact) mass is 440 g/mol. The van der Waals surface area contributed by atoms with Crippen molar-refractivity contribution < 1.29 is 18.0 Å². The molecule has 1 N–H and O–H groups in total. The normalized spacial score (nSPS) is 16.8. The van der Waals surface area contributed by atoms with E-state index in [4.69, 9.17) is 0 Å². The van der Waals surface area contributed by atoms with Crippen LogP contribution in [0.3, 0.4) is 0 Å². The second kappa shape index (κ2) is 9.32. The third kappa shape index (κ3) is 5.22. The molecule has 0 spiro atoms. The van der Waals surface area contributed by atoms with Gasteiger partial charge in [0.2, 0.25) is 15.9 Å². The largest absolute Gasteiger partial charge is 0.343 e. The Bertz CT molecular complexity index is 1060. The summed E-state index contributed by atoms with van der Waals surface area (Å²) < 4.78 is 27.7. The summed E-state index contributed by atoms with van der Waals surface area (Å²) >= 11 is 0. The molecule has 0 atom stereocenters. The summed E-state index contributed by atoms with van der Waals surface area (Å²) in [5.41, 5.74) is 3.29. The number of sulfonamides is 1. The predicted octanol–water partition coefficient (Wildman–Crippen LogP) is 3.11. The number of carbonyl (C=O) groups excluding carboxylic acids is 2. The molecule has 4 rings (SSSR count). The molecule has 1 amide bonds. The summed E-state index contributed by atoms with van der Waals surface area (Å²) in [4.78, 5) is 27.1. The fraction of sp³-hybridized carbons (Fsp3) is 0.417. The molecule has 1 fully saturated rings. The Balaban J connectivity index is 1.24. The molecule has 0 saturated carbocycles. The third-order valence-corrected chi connectivity index (χ3v) is 7.75. The van der Waals surface area contributed by atoms with Crippen LogP contribution in [0.5, 0.6) is 0 Å². The van der Waals surface area contributed by atoms with Crippen LogP contribution in [-0.4, -0.2) is 44.1 Å². The van der Waals surface area contributed by atoms with Crippen LogP contribution in [-0.2, 0) is 27.7 Å². The summed E-state index contributed by atoms with van der Waals surface area (Å²) in [6.07, 6.45) is 4.78. The maximum absolute atomic E-state index is 12.6. The molecule has 0 unspecified atom stereocenters. The standard InChI is InChI=1S/C24H28N2O4S/c27-23(20-10-9-18-5-4-6-19(18)17-20)11-12-24(28)26-15-13-21(14-16-26)25-31(29,30)22-7-2-1-3-8-22/h1-3,7-10,17,21,25H,4-6,11-16H2. The Morgan fingerprint density at radius 2 is 1.65 bits per heavy atom. The molecule has 31 heavy (non-hydrogen) atoms. The fourth-order valence-corrected chi connectivity index (χ4v) is 5.73. The minimum Gasteiger partial charge on any atom is -0.343 e. The number of amides is 1. The van der Waals surface area contributed by atoms with Gasteiger partial charge in [-0.1, -0.05) is 30.3 Å². The van der Waals surface area contributed by atoms with E-state index in [9.17, 15) is 18.0 Å². The van der Waals surface area contributed by atoms with Crippen molar-refractivity contribution in [3.05, 3.63) is 65.2 Å². The second-order valence-electron chi connectivity index (χ2n) is 8.35. The lowest BCUT2D eigenvalue weighted by Crippen LogP contribution is -2.46. The Kier molecular flexibility index (Phi) is 6.53. The van der Waals surface area contributed by atoms with Gasteiger partial charge >= 0.3 is 0 Å². The highest BCUT2D eigenvalue weighted by molar-refractivity contribution is 7.89. The first kappa shape index (κ1) is 21.7. The van der Waals surface area contributed by atoms with Crippen LogP contribution in [0.25, 0.3) is 0 Å². The number of nitrogens with one attached hydrogen (secondary N) is 1. The number of piperidine rings is 1. The van der Waals surface area contributed by atoms with Gasteiger partial charge in [-0.05, 0) is 61.4 Å². The molecule has 1 aliphatic carbocycles. The first-order valence-electron chi connectivity index (χ1n) is 10.9. The first-order valence-corrected chi connectivity index (χ1v) is 12.4. The van der Waals surface area contributed by atoms with Gasteiger partial charge in [-0.3, -0.25) is 9.59 Å². The molecule has 1 aliphatic heterocycles. The van der Waals surface area contributed by atoms with Crippen LogP contribution in [0, 0.1) is 0 Å². The average Bonchev–Trinajstić information content (AvgIpc) is 3.26. The SMILES string of the molecule is O=C(CCC(=O)N1CCC(NS(=O)(=O)c2ccccc2)CC1)c1ccc2c(c1)CCC2. The number of Topliss-reactive ketones (excluding diaryl/α,β-unsaturated/α-hetero) is 1. The van der Waals surface area contributed by atoms with Crippen molar-refractivity contribution in [1.29, 1.82) is 0 Å². The van der Waals surface area contributed by atoms with Crippen LogP contribution < -0.4 is 4.72 Å². The lowest BCUT2D eigenvalue weighted by molar-refractivity contribution is -0.132. The Morgan fingerprint density at radius 3 is 2.39 bits per heavy atom. The van der Waals surface area contributed by atoms with E-state index < -0.39 is 10.0 Å². The smallest absolute Gasteiger partial charge is 0.240 e. The molecule has 2 aromatic rings.